The summed E-state index contributed by atoms with van der Waals surface area (Å²) in [4.78, 5) is 7.10. The molecule has 5 nitrogen and oxygen atoms in total. The van der Waals surface area contributed by atoms with Crippen molar-refractivity contribution in [3.63, 3.8) is 0 Å². The fraction of sp³-hybridized carbons (Fsp3) is 0.619. The molecule has 0 aliphatic carbocycles. The highest BCUT2D eigenvalue weighted by molar-refractivity contribution is 5.20. The molecule has 5 heteroatoms. The predicted octanol–water partition coefficient (Wildman–Crippen LogP) is 3.23. The number of hydrogen-bond donors (Lipinski definition) is 1. The van der Waals surface area contributed by atoms with Gasteiger partial charge in [-0.2, -0.15) is 4.98 Å². The number of aliphatic hydroxyl groups excluding tert-OH is 1. The second-order valence-corrected chi connectivity index (χ2v) is 8.51. The lowest BCUT2D eigenvalue weighted by Gasteiger charge is -2.36. The molecule has 1 aromatic heterocycles. The standard InChI is InChI=1S/C21H29N3O2/c1-15(2)10-20-22-19(23-26-20)13-24-17-8-9-18(24)21(12-17,14-25)11-16-6-4-3-5-7-16/h3-7,15,17-18,25H,8-14H2,1-2H3/t17-,18+,21-/m1/s1. The van der Waals surface area contributed by atoms with Crippen molar-refractivity contribution < 1.29 is 9.63 Å². The van der Waals surface area contributed by atoms with Crippen molar-refractivity contribution in [1.29, 1.82) is 0 Å². The molecule has 0 spiro atoms. The van der Waals surface area contributed by atoms with Gasteiger partial charge in [0, 0.05) is 23.9 Å². The van der Waals surface area contributed by atoms with E-state index in [1.165, 1.54) is 12.0 Å². The van der Waals surface area contributed by atoms with Gasteiger partial charge >= 0.3 is 0 Å². The third-order valence-electron chi connectivity index (χ3n) is 6.12. The molecule has 2 aromatic rings. The van der Waals surface area contributed by atoms with E-state index in [0.717, 1.165) is 43.9 Å². The second kappa shape index (κ2) is 7.12. The molecule has 0 unspecified atom stereocenters. The van der Waals surface area contributed by atoms with Gasteiger partial charge in [-0.25, -0.2) is 0 Å². The van der Waals surface area contributed by atoms with Crippen LogP contribution in [0.5, 0.6) is 0 Å². The Morgan fingerprint density at radius 1 is 1.27 bits per heavy atom. The van der Waals surface area contributed by atoms with Gasteiger partial charge in [-0.1, -0.05) is 49.3 Å². The summed E-state index contributed by atoms with van der Waals surface area (Å²) in [5.74, 6) is 2.03. The molecule has 1 N–H and O–H groups in total. The Labute approximate surface area is 155 Å². The molecule has 2 fully saturated rings. The Balaban J connectivity index is 1.49. The molecule has 2 aliphatic heterocycles. The summed E-state index contributed by atoms with van der Waals surface area (Å²) in [5, 5.41) is 14.5. The third kappa shape index (κ3) is 3.30. The van der Waals surface area contributed by atoms with E-state index in [4.69, 9.17) is 4.52 Å². The second-order valence-electron chi connectivity index (χ2n) is 8.51. The summed E-state index contributed by atoms with van der Waals surface area (Å²) in [7, 11) is 0. The zero-order chi connectivity index (χ0) is 18.1. The van der Waals surface area contributed by atoms with Crippen molar-refractivity contribution in [2.24, 2.45) is 11.3 Å². The van der Waals surface area contributed by atoms with Gasteiger partial charge in [0.05, 0.1) is 13.2 Å². The molecule has 2 bridgehead atoms. The van der Waals surface area contributed by atoms with Crippen LogP contribution in [0.4, 0.5) is 0 Å². The molecule has 140 valence electrons. The zero-order valence-electron chi connectivity index (χ0n) is 15.8. The van der Waals surface area contributed by atoms with E-state index in [1.807, 2.05) is 6.07 Å². The van der Waals surface area contributed by atoms with Crippen LogP contribution in [0.3, 0.4) is 0 Å². The van der Waals surface area contributed by atoms with Crippen molar-refractivity contribution >= 4 is 0 Å². The Morgan fingerprint density at radius 3 is 2.81 bits per heavy atom. The molecule has 26 heavy (non-hydrogen) atoms. The number of aliphatic hydroxyl groups is 1. The SMILES string of the molecule is CC(C)Cc1nc(CN2[C@@H]3CC[C@H]2[C@](CO)(Cc2ccccc2)C3)no1. The van der Waals surface area contributed by atoms with Crippen molar-refractivity contribution in [2.75, 3.05) is 6.61 Å². The molecular formula is C21H29N3O2. The predicted molar refractivity (Wildman–Crippen MR) is 99.5 cm³/mol. The molecule has 1 aromatic carbocycles. The van der Waals surface area contributed by atoms with E-state index >= 15 is 0 Å². The quantitative estimate of drug-likeness (QED) is 0.826. The first-order valence-electron chi connectivity index (χ1n) is 9.81. The maximum absolute atomic E-state index is 10.3. The van der Waals surface area contributed by atoms with E-state index in [0.29, 0.717) is 18.0 Å². The maximum Gasteiger partial charge on any atom is 0.226 e. The highest BCUT2D eigenvalue weighted by atomic mass is 16.5. The van der Waals surface area contributed by atoms with Gasteiger partial charge in [0.2, 0.25) is 5.89 Å². The highest BCUT2D eigenvalue weighted by Gasteiger charge is 2.55. The number of nitrogens with zero attached hydrogens (tertiary/aromatic N) is 3. The topological polar surface area (TPSA) is 62.4 Å². The first kappa shape index (κ1) is 17.7. The van der Waals surface area contributed by atoms with Gasteiger partial charge in [0.1, 0.15) is 0 Å². The van der Waals surface area contributed by atoms with Gasteiger partial charge in [-0.3, -0.25) is 4.90 Å². The van der Waals surface area contributed by atoms with E-state index in [1.54, 1.807) is 0 Å². The largest absolute Gasteiger partial charge is 0.396 e. The van der Waals surface area contributed by atoms with Crippen LogP contribution in [0.15, 0.2) is 34.9 Å². The van der Waals surface area contributed by atoms with Gasteiger partial charge in [0.15, 0.2) is 5.82 Å². The molecule has 2 aliphatic rings. The summed E-state index contributed by atoms with van der Waals surface area (Å²) in [6, 6.07) is 11.5. The molecule has 0 saturated carbocycles. The van der Waals surface area contributed by atoms with Gasteiger partial charge in [0.25, 0.3) is 0 Å². The Bertz CT molecular complexity index is 730. The summed E-state index contributed by atoms with van der Waals surface area (Å²) in [6.07, 6.45) is 5.17. The van der Waals surface area contributed by atoms with Crippen molar-refractivity contribution in [3.8, 4) is 0 Å². The fourth-order valence-electron chi connectivity index (χ4n) is 5.03. The minimum atomic E-state index is -0.0469. The summed E-state index contributed by atoms with van der Waals surface area (Å²) in [6.45, 7) is 5.28. The molecule has 3 atom stereocenters. The number of aromatic nitrogens is 2. The van der Waals surface area contributed by atoms with Crippen LogP contribution in [0.1, 0.15) is 50.4 Å². The summed E-state index contributed by atoms with van der Waals surface area (Å²) in [5.41, 5.74) is 1.27. The Morgan fingerprint density at radius 2 is 2.08 bits per heavy atom. The first-order valence-corrected chi connectivity index (χ1v) is 9.81. The number of benzene rings is 1. The van der Waals surface area contributed by atoms with Crippen LogP contribution in [0.25, 0.3) is 0 Å². The lowest BCUT2D eigenvalue weighted by molar-refractivity contribution is 0.0743. The monoisotopic (exact) mass is 355 g/mol. The maximum atomic E-state index is 10.3. The van der Waals surface area contributed by atoms with E-state index in [9.17, 15) is 5.11 Å². The normalized spacial score (nSPS) is 28.3. The van der Waals surface area contributed by atoms with Crippen molar-refractivity contribution in [3.05, 3.63) is 47.6 Å². The average Bonchev–Trinajstić information content (AvgIpc) is 3.30. The van der Waals surface area contributed by atoms with E-state index < -0.39 is 0 Å². The lowest BCUT2D eigenvalue weighted by Crippen LogP contribution is -2.41. The van der Waals surface area contributed by atoms with Crippen LogP contribution >= 0.6 is 0 Å². The summed E-state index contributed by atoms with van der Waals surface area (Å²) < 4.78 is 5.41. The van der Waals surface area contributed by atoms with Gasteiger partial charge in [-0.15, -0.1) is 0 Å². The van der Waals surface area contributed by atoms with Gasteiger partial charge in [-0.05, 0) is 37.2 Å². The average molecular weight is 355 g/mol. The first-order chi connectivity index (χ1) is 12.6. The molecule has 0 radical (unpaired) electrons. The van der Waals surface area contributed by atoms with Crippen LogP contribution in [-0.4, -0.2) is 38.8 Å². The number of hydrogen-bond acceptors (Lipinski definition) is 5. The smallest absolute Gasteiger partial charge is 0.226 e. The van der Waals surface area contributed by atoms with Crippen LogP contribution in [0.2, 0.25) is 0 Å². The van der Waals surface area contributed by atoms with E-state index in [2.05, 4.69) is 53.2 Å². The van der Waals surface area contributed by atoms with Crippen molar-refractivity contribution in [1.82, 2.24) is 15.0 Å². The fourth-order valence-corrected chi connectivity index (χ4v) is 5.03. The third-order valence-corrected chi connectivity index (χ3v) is 6.12. The zero-order valence-corrected chi connectivity index (χ0v) is 15.8. The minimum absolute atomic E-state index is 0.0469. The summed E-state index contributed by atoms with van der Waals surface area (Å²) >= 11 is 0. The lowest BCUT2D eigenvalue weighted by atomic mass is 9.70. The van der Waals surface area contributed by atoms with Crippen LogP contribution < -0.4 is 0 Å². The van der Waals surface area contributed by atoms with E-state index in [-0.39, 0.29) is 12.0 Å². The van der Waals surface area contributed by atoms with Crippen LogP contribution in [0, 0.1) is 11.3 Å². The highest BCUT2D eigenvalue weighted by Crippen LogP contribution is 2.51. The molecule has 3 heterocycles. The van der Waals surface area contributed by atoms with Crippen LogP contribution in [-0.2, 0) is 19.4 Å². The Kier molecular flexibility index (Phi) is 4.84. The molecule has 4 rings (SSSR count). The molecule has 0 amide bonds. The molecule has 2 saturated heterocycles. The number of fused-ring (bicyclic) bond motifs is 2. The van der Waals surface area contributed by atoms with Crippen molar-refractivity contribution in [2.45, 2.75) is 64.6 Å². The Hall–Kier alpha value is -1.72. The van der Waals surface area contributed by atoms with Gasteiger partial charge < -0.3 is 9.63 Å². The molecular weight excluding hydrogens is 326 g/mol. The minimum Gasteiger partial charge on any atom is -0.396 e. The number of rotatable bonds is 7.